The summed E-state index contributed by atoms with van der Waals surface area (Å²) in [5, 5.41) is 11.8. The molecule has 110 valence electrons. The van der Waals surface area contributed by atoms with Gasteiger partial charge in [-0.1, -0.05) is 12.1 Å². The highest BCUT2D eigenvalue weighted by atomic mass is 16.5. The second kappa shape index (κ2) is 6.75. The largest absolute Gasteiger partial charge is 0.497 e. The van der Waals surface area contributed by atoms with Crippen LogP contribution in [0.2, 0.25) is 0 Å². The number of carbonyl (C=O) groups is 1. The fourth-order valence-corrected chi connectivity index (χ4v) is 2.49. The number of aliphatic hydroxyl groups is 1. The normalized spacial score (nSPS) is 17.4. The Kier molecular flexibility index (Phi) is 5.01. The first-order chi connectivity index (χ1) is 9.63. The predicted molar refractivity (Wildman–Crippen MR) is 77.8 cm³/mol. The Morgan fingerprint density at radius 2 is 2.05 bits per heavy atom. The molecule has 0 heterocycles. The number of amides is 1. The number of rotatable bonds is 7. The van der Waals surface area contributed by atoms with E-state index in [2.05, 4.69) is 5.32 Å². The van der Waals surface area contributed by atoms with Crippen molar-refractivity contribution in [2.75, 3.05) is 13.7 Å². The summed E-state index contributed by atoms with van der Waals surface area (Å²) < 4.78 is 5.17. The fraction of sp³-hybridized carbons (Fsp3) is 0.562. The molecule has 4 heteroatoms. The summed E-state index contributed by atoms with van der Waals surface area (Å²) in [6, 6.07) is 7.80. The van der Waals surface area contributed by atoms with E-state index in [0.29, 0.717) is 12.3 Å². The SMILES string of the molecule is COc1ccc(C(CC(=O)N[C@@H](C)CO)C2CC2)cc1. The van der Waals surface area contributed by atoms with Crippen molar-refractivity contribution in [3.63, 3.8) is 0 Å². The number of carbonyl (C=O) groups excluding carboxylic acids is 1. The first kappa shape index (κ1) is 14.9. The zero-order valence-electron chi connectivity index (χ0n) is 12.1. The highest BCUT2D eigenvalue weighted by Crippen LogP contribution is 2.44. The molecule has 0 bridgehead atoms. The molecule has 1 saturated carbocycles. The van der Waals surface area contributed by atoms with Gasteiger partial charge in [0.1, 0.15) is 5.75 Å². The standard InChI is InChI=1S/C16H23NO3/c1-11(10-18)17-16(19)9-15(12-3-4-12)13-5-7-14(20-2)8-6-13/h5-8,11-12,15,18H,3-4,9-10H2,1-2H3,(H,17,19)/t11-,15?/m0/s1. The first-order valence-electron chi connectivity index (χ1n) is 7.18. The Morgan fingerprint density at radius 1 is 1.40 bits per heavy atom. The maximum Gasteiger partial charge on any atom is 0.220 e. The van der Waals surface area contributed by atoms with Crippen LogP contribution >= 0.6 is 0 Å². The van der Waals surface area contributed by atoms with Crippen LogP contribution in [-0.2, 0) is 4.79 Å². The van der Waals surface area contributed by atoms with Crippen LogP contribution in [0.4, 0.5) is 0 Å². The van der Waals surface area contributed by atoms with E-state index >= 15 is 0 Å². The van der Waals surface area contributed by atoms with E-state index in [-0.39, 0.29) is 24.5 Å². The second-order valence-corrected chi connectivity index (χ2v) is 5.57. The van der Waals surface area contributed by atoms with Crippen LogP contribution < -0.4 is 10.1 Å². The fourth-order valence-electron chi connectivity index (χ4n) is 2.49. The lowest BCUT2D eigenvalue weighted by Crippen LogP contribution is -2.35. The Labute approximate surface area is 120 Å². The van der Waals surface area contributed by atoms with Crippen molar-refractivity contribution >= 4 is 5.91 Å². The lowest BCUT2D eigenvalue weighted by molar-refractivity contribution is -0.122. The third kappa shape index (κ3) is 3.97. The van der Waals surface area contributed by atoms with Gasteiger partial charge in [-0.2, -0.15) is 0 Å². The number of benzene rings is 1. The average molecular weight is 277 g/mol. The monoisotopic (exact) mass is 277 g/mol. The highest BCUT2D eigenvalue weighted by molar-refractivity contribution is 5.77. The van der Waals surface area contributed by atoms with Gasteiger partial charge in [-0.05, 0) is 49.3 Å². The molecule has 2 rings (SSSR count). The summed E-state index contributed by atoms with van der Waals surface area (Å²) in [5.74, 6) is 1.73. The Bertz CT molecular complexity index is 440. The van der Waals surface area contributed by atoms with Gasteiger partial charge in [0.25, 0.3) is 0 Å². The van der Waals surface area contributed by atoms with E-state index in [1.165, 1.54) is 18.4 Å². The Balaban J connectivity index is 2.01. The van der Waals surface area contributed by atoms with E-state index in [1.54, 1.807) is 14.0 Å². The van der Waals surface area contributed by atoms with Crippen LogP contribution in [0.25, 0.3) is 0 Å². The van der Waals surface area contributed by atoms with E-state index < -0.39 is 0 Å². The molecule has 2 atom stereocenters. The van der Waals surface area contributed by atoms with Gasteiger partial charge in [0.15, 0.2) is 0 Å². The summed E-state index contributed by atoms with van der Waals surface area (Å²) in [4.78, 5) is 12.0. The molecule has 1 amide bonds. The maximum atomic E-state index is 12.0. The smallest absolute Gasteiger partial charge is 0.220 e. The highest BCUT2D eigenvalue weighted by Gasteiger charge is 2.33. The quantitative estimate of drug-likeness (QED) is 0.802. The third-order valence-electron chi connectivity index (χ3n) is 3.82. The Hall–Kier alpha value is -1.55. The number of methoxy groups -OCH3 is 1. The molecule has 0 radical (unpaired) electrons. The number of nitrogens with one attached hydrogen (secondary N) is 1. The van der Waals surface area contributed by atoms with Gasteiger partial charge in [0, 0.05) is 12.5 Å². The van der Waals surface area contributed by atoms with E-state index in [1.807, 2.05) is 24.3 Å². The van der Waals surface area contributed by atoms with Crippen molar-refractivity contribution < 1.29 is 14.6 Å². The van der Waals surface area contributed by atoms with Crippen LogP contribution in [0.1, 0.15) is 37.7 Å². The summed E-state index contributed by atoms with van der Waals surface area (Å²) in [5.41, 5.74) is 1.19. The zero-order valence-corrected chi connectivity index (χ0v) is 12.1. The van der Waals surface area contributed by atoms with Gasteiger partial charge in [0.05, 0.1) is 13.7 Å². The van der Waals surface area contributed by atoms with Gasteiger partial charge < -0.3 is 15.2 Å². The minimum atomic E-state index is -0.182. The number of hydrogen-bond acceptors (Lipinski definition) is 3. The van der Waals surface area contributed by atoms with Gasteiger partial charge in [-0.15, -0.1) is 0 Å². The van der Waals surface area contributed by atoms with Gasteiger partial charge in [-0.3, -0.25) is 4.79 Å². The lowest BCUT2D eigenvalue weighted by atomic mass is 9.90. The lowest BCUT2D eigenvalue weighted by Gasteiger charge is -2.18. The molecule has 0 spiro atoms. The molecule has 2 N–H and O–H groups in total. The molecule has 1 aromatic rings. The molecule has 0 saturated heterocycles. The summed E-state index contributed by atoms with van der Waals surface area (Å²) in [6.45, 7) is 1.78. The van der Waals surface area contributed by atoms with Crippen LogP contribution in [0, 0.1) is 5.92 Å². The molecule has 0 aliphatic heterocycles. The molecule has 1 unspecified atom stereocenters. The maximum absolute atomic E-state index is 12.0. The molecule has 0 aromatic heterocycles. The van der Waals surface area contributed by atoms with Crippen molar-refractivity contribution in [2.45, 2.75) is 38.1 Å². The molecular weight excluding hydrogens is 254 g/mol. The number of hydrogen-bond donors (Lipinski definition) is 2. The predicted octanol–water partition coefficient (Wildman–Crippen LogP) is 2.08. The summed E-state index contributed by atoms with van der Waals surface area (Å²) >= 11 is 0. The van der Waals surface area contributed by atoms with Crippen LogP contribution in [0.5, 0.6) is 5.75 Å². The van der Waals surface area contributed by atoms with E-state index in [9.17, 15) is 4.79 Å². The zero-order chi connectivity index (χ0) is 14.5. The van der Waals surface area contributed by atoms with Crippen molar-refractivity contribution in [1.29, 1.82) is 0 Å². The molecule has 1 aromatic carbocycles. The molecule has 20 heavy (non-hydrogen) atoms. The molecule has 1 aliphatic rings. The van der Waals surface area contributed by atoms with Crippen molar-refractivity contribution in [3.8, 4) is 5.75 Å². The van der Waals surface area contributed by atoms with Crippen molar-refractivity contribution in [2.24, 2.45) is 5.92 Å². The van der Waals surface area contributed by atoms with Crippen LogP contribution in [0.3, 0.4) is 0 Å². The number of aliphatic hydroxyl groups excluding tert-OH is 1. The van der Waals surface area contributed by atoms with Crippen LogP contribution in [-0.4, -0.2) is 30.8 Å². The average Bonchev–Trinajstić information content (AvgIpc) is 3.29. The summed E-state index contributed by atoms with van der Waals surface area (Å²) in [7, 11) is 1.65. The summed E-state index contributed by atoms with van der Waals surface area (Å²) in [6.07, 6.45) is 2.88. The molecular formula is C16H23NO3. The van der Waals surface area contributed by atoms with E-state index in [0.717, 1.165) is 5.75 Å². The van der Waals surface area contributed by atoms with Crippen molar-refractivity contribution in [1.82, 2.24) is 5.32 Å². The van der Waals surface area contributed by atoms with Gasteiger partial charge in [0.2, 0.25) is 5.91 Å². The topological polar surface area (TPSA) is 58.6 Å². The third-order valence-corrected chi connectivity index (χ3v) is 3.82. The Morgan fingerprint density at radius 3 is 2.55 bits per heavy atom. The minimum absolute atomic E-state index is 0.0132. The second-order valence-electron chi connectivity index (χ2n) is 5.57. The van der Waals surface area contributed by atoms with E-state index in [4.69, 9.17) is 9.84 Å². The van der Waals surface area contributed by atoms with Crippen LogP contribution in [0.15, 0.2) is 24.3 Å². The molecule has 4 nitrogen and oxygen atoms in total. The number of ether oxygens (including phenoxy) is 1. The molecule has 1 aliphatic carbocycles. The van der Waals surface area contributed by atoms with Gasteiger partial charge >= 0.3 is 0 Å². The van der Waals surface area contributed by atoms with Gasteiger partial charge in [-0.25, -0.2) is 0 Å². The van der Waals surface area contributed by atoms with Crippen molar-refractivity contribution in [3.05, 3.63) is 29.8 Å². The first-order valence-corrected chi connectivity index (χ1v) is 7.18. The molecule has 1 fully saturated rings. The minimum Gasteiger partial charge on any atom is -0.497 e.